The number of aliphatic hydroxyl groups excluding tert-OH is 6. The van der Waals surface area contributed by atoms with Crippen molar-refractivity contribution in [3.05, 3.63) is 46.6 Å². The lowest BCUT2D eigenvalue weighted by atomic mass is 10.00. The Morgan fingerprint density at radius 1 is 0.825 bits per heavy atom. The van der Waals surface area contributed by atoms with E-state index in [-0.39, 0.29) is 40.4 Å². The van der Waals surface area contributed by atoms with Crippen molar-refractivity contribution in [2.75, 3.05) is 6.61 Å². The van der Waals surface area contributed by atoms with Crippen molar-refractivity contribution in [1.29, 1.82) is 0 Å². The lowest BCUT2D eigenvalue weighted by Gasteiger charge is -2.38. The van der Waals surface area contributed by atoms with Crippen LogP contribution in [0.25, 0.3) is 22.3 Å². The molecule has 2 aliphatic rings. The molecule has 40 heavy (non-hydrogen) atoms. The van der Waals surface area contributed by atoms with Crippen molar-refractivity contribution in [3.63, 3.8) is 0 Å². The SMILES string of the molecule is C[C@@H]1O[C@@H](Oc2c(-c3ccc(O)cc3)oc3cc(O[C@@H]4OC[C@H](O)[C@H](O)[C@H]4O)cc(O)c3c2=O)[C@H](O)[C@H](O)[C@H]1O. The molecule has 0 amide bonds. The molecule has 14 nitrogen and oxygen atoms in total. The van der Waals surface area contributed by atoms with Crippen LogP contribution in [0.1, 0.15) is 6.92 Å². The highest BCUT2D eigenvalue weighted by molar-refractivity contribution is 5.88. The molecule has 2 aliphatic heterocycles. The van der Waals surface area contributed by atoms with Crippen LogP contribution in [-0.2, 0) is 9.47 Å². The van der Waals surface area contributed by atoms with Crippen LogP contribution in [0, 0.1) is 0 Å². The highest BCUT2D eigenvalue weighted by Crippen LogP contribution is 2.38. The number of aromatic hydroxyl groups is 2. The van der Waals surface area contributed by atoms with Gasteiger partial charge < -0.3 is 64.2 Å². The summed E-state index contributed by atoms with van der Waals surface area (Å²) in [5.74, 6) is -1.54. The van der Waals surface area contributed by atoms with E-state index in [2.05, 4.69) is 0 Å². The predicted octanol–water partition coefficient (Wildman–Crippen LogP) is -1.10. The maximum absolute atomic E-state index is 13.6. The first-order valence-electron chi connectivity index (χ1n) is 12.3. The maximum Gasteiger partial charge on any atom is 0.239 e. The molecule has 3 heterocycles. The molecule has 0 unspecified atom stereocenters. The Hall–Kier alpha value is -3.47. The Balaban J connectivity index is 1.58. The van der Waals surface area contributed by atoms with Crippen LogP contribution in [0.3, 0.4) is 0 Å². The van der Waals surface area contributed by atoms with Crippen LogP contribution < -0.4 is 14.9 Å². The highest BCUT2D eigenvalue weighted by Gasteiger charge is 2.44. The van der Waals surface area contributed by atoms with Crippen molar-refractivity contribution in [1.82, 2.24) is 0 Å². The molecule has 0 spiro atoms. The third-order valence-electron chi connectivity index (χ3n) is 6.78. The molecule has 0 aliphatic carbocycles. The molecule has 0 saturated carbocycles. The number of aliphatic hydroxyl groups is 6. The lowest BCUT2D eigenvalue weighted by Crippen LogP contribution is -2.58. The molecule has 1 aromatic heterocycles. The molecule has 0 radical (unpaired) electrons. The number of ether oxygens (including phenoxy) is 4. The average molecular weight is 564 g/mol. The van der Waals surface area contributed by atoms with Gasteiger partial charge in [0.25, 0.3) is 0 Å². The first kappa shape index (κ1) is 28.1. The van der Waals surface area contributed by atoms with Crippen molar-refractivity contribution in [2.45, 2.75) is 62.2 Å². The molecule has 8 N–H and O–H groups in total. The molecular formula is C26H28O14. The fourth-order valence-electron chi connectivity index (χ4n) is 4.48. The Kier molecular flexibility index (Phi) is 7.60. The predicted molar refractivity (Wildman–Crippen MR) is 133 cm³/mol. The second-order valence-electron chi connectivity index (χ2n) is 9.62. The van der Waals surface area contributed by atoms with E-state index in [1.807, 2.05) is 0 Å². The van der Waals surface area contributed by atoms with Gasteiger partial charge in [0.2, 0.25) is 23.8 Å². The van der Waals surface area contributed by atoms with E-state index >= 15 is 0 Å². The van der Waals surface area contributed by atoms with Crippen LogP contribution in [0.15, 0.2) is 45.6 Å². The molecule has 2 saturated heterocycles. The van der Waals surface area contributed by atoms with Crippen LogP contribution in [-0.4, -0.2) is 103 Å². The van der Waals surface area contributed by atoms with Gasteiger partial charge in [0.1, 0.15) is 64.8 Å². The van der Waals surface area contributed by atoms with Gasteiger partial charge in [-0.3, -0.25) is 4.79 Å². The van der Waals surface area contributed by atoms with Gasteiger partial charge >= 0.3 is 0 Å². The first-order valence-corrected chi connectivity index (χ1v) is 12.3. The molecule has 9 atom stereocenters. The number of phenolic OH excluding ortho intramolecular Hbond substituents is 2. The largest absolute Gasteiger partial charge is 0.508 e. The van der Waals surface area contributed by atoms with Gasteiger partial charge in [-0.2, -0.15) is 0 Å². The number of fused-ring (bicyclic) bond motifs is 1. The summed E-state index contributed by atoms with van der Waals surface area (Å²) in [6, 6.07) is 7.69. The van der Waals surface area contributed by atoms with Gasteiger partial charge in [-0.05, 0) is 31.2 Å². The Bertz CT molecular complexity index is 1420. The fraction of sp³-hybridized carbons (Fsp3) is 0.423. The Morgan fingerprint density at radius 3 is 2.20 bits per heavy atom. The average Bonchev–Trinajstić information content (AvgIpc) is 2.92. The summed E-state index contributed by atoms with van der Waals surface area (Å²) in [5.41, 5.74) is -0.861. The summed E-state index contributed by atoms with van der Waals surface area (Å²) in [6.45, 7) is 1.10. The lowest BCUT2D eigenvalue weighted by molar-refractivity contribution is -0.268. The summed E-state index contributed by atoms with van der Waals surface area (Å²) in [4.78, 5) is 13.6. The minimum absolute atomic E-state index is 0.0852. The van der Waals surface area contributed by atoms with E-state index in [1.165, 1.54) is 37.3 Å². The zero-order valence-electron chi connectivity index (χ0n) is 20.9. The highest BCUT2D eigenvalue weighted by atomic mass is 16.7. The monoisotopic (exact) mass is 564 g/mol. The van der Waals surface area contributed by atoms with E-state index in [9.17, 15) is 45.6 Å². The normalized spacial score (nSPS) is 32.6. The quantitative estimate of drug-likeness (QED) is 0.184. The second kappa shape index (κ2) is 10.8. The zero-order chi connectivity index (χ0) is 28.9. The molecule has 2 fully saturated rings. The van der Waals surface area contributed by atoms with Gasteiger partial charge in [0.15, 0.2) is 5.76 Å². The van der Waals surface area contributed by atoms with Gasteiger partial charge in [0.05, 0.1) is 12.7 Å². The van der Waals surface area contributed by atoms with E-state index in [1.54, 1.807) is 0 Å². The van der Waals surface area contributed by atoms with Crippen molar-refractivity contribution >= 4 is 11.0 Å². The third kappa shape index (κ3) is 5.07. The van der Waals surface area contributed by atoms with Crippen molar-refractivity contribution in [2.24, 2.45) is 0 Å². The summed E-state index contributed by atoms with van der Waals surface area (Å²) in [5, 5.41) is 80.5. The Labute approximate surface area is 225 Å². The van der Waals surface area contributed by atoms with E-state index in [0.717, 1.165) is 6.07 Å². The summed E-state index contributed by atoms with van der Waals surface area (Å²) < 4.78 is 27.9. The van der Waals surface area contributed by atoms with Gasteiger partial charge in [-0.1, -0.05) is 0 Å². The molecule has 5 rings (SSSR count). The smallest absolute Gasteiger partial charge is 0.239 e. The van der Waals surface area contributed by atoms with Crippen LogP contribution in [0.4, 0.5) is 0 Å². The van der Waals surface area contributed by atoms with Crippen LogP contribution >= 0.6 is 0 Å². The zero-order valence-corrected chi connectivity index (χ0v) is 20.9. The van der Waals surface area contributed by atoms with Crippen molar-refractivity contribution < 1.29 is 64.2 Å². The molecule has 2 aromatic carbocycles. The minimum atomic E-state index is -1.76. The standard InChI is InChI=1S/C26H28O14/c1-9-17(30)20(33)22(35)26(37-9)40-24-19(32)16-13(28)6-12(38-25-21(34)18(31)14(29)8-36-25)7-15(16)39-23(24)10-2-4-11(27)5-3-10/h2-7,9,14,17-18,20-22,25-31,33-35H,8H2,1H3/t9-,14-,17-,18-,20+,21+,22+,25-,26-/m0/s1. The van der Waals surface area contributed by atoms with E-state index in [4.69, 9.17) is 23.4 Å². The number of hydrogen-bond acceptors (Lipinski definition) is 14. The number of hydrogen-bond donors (Lipinski definition) is 8. The van der Waals surface area contributed by atoms with Gasteiger partial charge in [0, 0.05) is 17.7 Å². The maximum atomic E-state index is 13.6. The van der Waals surface area contributed by atoms with Crippen molar-refractivity contribution in [3.8, 4) is 34.3 Å². The number of rotatable bonds is 5. The third-order valence-corrected chi connectivity index (χ3v) is 6.78. The summed E-state index contributed by atoms with van der Waals surface area (Å²) in [6.07, 6.45) is -13.3. The van der Waals surface area contributed by atoms with Gasteiger partial charge in [-0.25, -0.2) is 0 Å². The van der Waals surface area contributed by atoms with Gasteiger partial charge in [-0.15, -0.1) is 0 Å². The number of phenols is 2. The summed E-state index contributed by atoms with van der Waals surface area (Å²) >= 11 is 0. The minimum Gasteiger partial charge on any atom is -0.508 e. The Morgan fingerprint density at radius 2 is 1.50 bits per heavy atom. The topological polar surface area (TPSA) is 229 Å². The van der Waals surface area contributed by atoms with E-state index in [0.29, 0.717) is 0 Å². The summed E-state index contributed by atoms with van der Waals surface area (Å²) in [7, 11) is 0. The molecule has 0 bridgehead atoms. The first-order chi connectivity index (χ1) is 19.0. The molecule has 216 valence electrons. The van der Waals surface area contributed by atoms with Crippen LogP contribution in [0.2, 0.25) is 0 Å². The van der Waals surface area contributed by atoms with Crippen LogP contribution in [0.5, 0.6) is 23.0 Å². The van der Waals surface area contributed by atoms with E-state index < -0.39 is 72.2 Å². The fourth-order valence-corrected chi connectivity index (χ4v) is 4.48. The molecule has 14 heteroatoms. The number of benzene rings is 2. The molecule has 3 aromatic rings. The molecular weight excluding hydrogens is 536 g/mol. The second-order valence-corrected chi connectivity index (χ2v) is 9.62.